The van der Waals surface area contributed by atoms with Gasteiger partial charge < -0.3 is 5.84 Å². The van der Waals surface area contributed by atoms with Crippen LogP contribution < -0.4 is 10.7 Å². The van der Waals surface area contributed by atoms with Gasteiger partial charge in [-0.3, -0.25) is 9.59 Å². The summed E-state index contributed by atoms with van der Waals surface area (Å²) in [6, 6.07) is 5.28. The Hall–Kier alpha value is -2.56. The Morgan fingerprint density at radius 1 is 1.23 bits per heavy atom. The van der Waals surface area contributed by atoms with E-state index >= 15 is 0 Å². The number of aryl methyl sites for hydroxylation is 2. The minimum atomic E-state index is -4.76. The van der Waals surface area contributed by atoms with Crippen molar-refractivity contribution < 1.29 is 22.8 Å². The van der Waals surface area contributed by atoms with Gasteiger partial charge in [-0.15, -0.1) is 10.2 Å². The molecule has 7 nitrogen and oxygen atoms in total. The molecule has 1 aromatic heterocycles. The normalized spacial score (nSPS) is 18.0. The minimum Gasteiger partial charge on any atom is -0.335 e. The molecular weight excluding hydrogens is 371 g/mol. The Balaban J connectivity index is 1.85. The molecule has 2 N–H and O–H groups in total. The van der Waals surface area contributed by atoms with Crippen LogP contribution in [0.1, 0.15) is 23.4 Å². The molecule has 0 spiro atoms. The SMILES string of the molecule is Cc1ccc(N2C(=O)CC(Sc3nnc(C(F)(F)F)n3N)C2=O)c(C)c1. The summed E-state index contributed by atoms with van der Waals surface area (Å²) in [4.78, 5) is 26.0. The average Bonchev–Trinajstić information content (AvgIpc) is 3.01. The van der Waals surface area contributed by atoms with Gasteiger partial charge >= 0.3 is 6.18 Å². The first-order valence-corrected chi connectivity index (χ1v) is 8.36. The summed E-state index contributed by atoms with van der Waals surface area (Å²) in [6.07, 6.45) is -4.92. The second-order valence-electron chi connectivity index (χ2n) is 5.84. The van der Waals surface area contributed by atoms with Crippen LogP contribution >= 0.6 is 11.8 Å². The number of thioether (sulfide) groups is 1. The molecule has 1 unspecified atom stereocenters. The van der Waals surface area contributed by atoms with E-state index in [2.05, 4.69) is 10.2 Å². The molecule has 1 aromatic carbocycles. The molecule has 1 aliphatic rings. The molecule has 0 saturated carbocycles. The second-order valence-corrected chi connectivity index (χ2v) is 7.01. The van der Waals surface area contributed by atoms with Crippen LogP contribution in [-0.4, -0.2) is 31.9 Å². The van der Waals surface area contributed by atoms with Crippen molar-refractivity contribution in [3.63, 3.8) is 0 Å². The lowest BCUT2D eigenvalue weighted by Crippen LogP contribution is -2.32. The number of carbonyl (C=O) groups is 2. The van der Waals surface area contributed by atoms with Crippen LogP contribution in [0.5, 0.6) is 0 Å². The molecule has 1 fully saturated rings. The standard InChI is InChI=1S/C15H14F3N5O2S/c1-7-3-4-9(8(2)5-7)22-11(24)6-10(12(22)25)26-14-21-20-13(23(14)19)15(16,17)18/h3-5,10H,6,19H2,1-2H3. The van der Waals surface area contributed by atoms with E-state index < -0.39 is 29.1 Å². The molecule has 2 aromatic rings. The summed E-state index contributed by atoms with van der Waals surface area (Å²) in [5, 5.41) is 5.18. The fourth-order valence-electron chi connectivity index (χ4n) is 2.68. The van der Waals surface area contributed by atoms with E-state index in [0.717, 1.165) is 16.0 Å². The van der Waals surface area contributed by atoms with Gasteiger partial charge in [0.05, 0.1) is 5.69 Å². The fraction of sp³-hybridized carbons (Fsp3) is 0.333. The number of amides is 2. The van der Waals surface area contributed by atoms with E-state index in [1.54, 1.807) is 19.1 Å². The minimum absolute atomic E-state index is 0.162. The first-order valence-electron chi connectivity index (χ1n) is 7.48. The Kier molecular flexibility index (Phi) is 4.42. The van der Waals surface area contributed by atoms with E-state index in [9.17, 15) is 22.8 Å². The number of hydrogen-bond donors (Lipinski definition) is 1. The van der Waals surface area contributed by atoms with Crippen LogP contribution in [0.25, 0.3) is 0 Å². The highest BCUT2D eigenvalue weighted by Crippen LogP contribution is 2.36. The van der Waals surface area contributed by atoms with Crippen molar-refractivity contribution in [1.29, 1.82) is 0 Å². The van der Waals surface area contributed by atoms with Gasteiger partial charge in [0.25, 0.3) is 5.82 Å². The number of anilines is 1. The summed E-state index contributed by atoms with van der Waals surface area (Å²) >= 11 is 0.686. The Morgan fingerprint density at radius 3 is 2.50 bits per heavy atom. The maximum absolute atomic E-state index is 12.7. The lowest BCUT2D eigenvalue weighted by molar-refractivity contribution is -0.146. The van der Waals surface area contributed by atoms with Gasteiger partial charge in [-0.2, -0.15) is 13.2 Å². The van der Waals surface area contributed by atoms with Gasteiger partial charge in [0, 0.05) is 6.42 Å². The number of hydrogen-bond acceptors (Lipinski definition) is 6. The van der Waals surface area contributed by atoms with Gasteiger partial charge in [0.2, 0.25) is 17.0 Å². The molecule has 2 heterocycles. The topological polar surface area (TPSA) is 94.1 Å². The third-order valence-electron chi connectivity index (χ3n) is 3.86. The van der Waals surface area contributed by atoms with Crippen LogP contribution in [0.4, 0.5) is 18.9 Å². The third-order valence-corrected chi connectivity index (χ3v) is 5.01. The lowest BCUT2D eigenvalue weighted by Gasteiger charge is -2.17. The van der Waals surface area contributed by atoms with Crippen molar-refractivity contribution in [2.24, 2.45) is 0 Å². The first kappa shape index (κ1) is 18.2. The predicted octanol–water partition coefficient (Wildman–Crippen LogP) is 2.05. The Labute approximate surface area is 150 Å². The number of aromatic nitrogens is 3. The number of carbonyl (C=O) groups excluding carboxylic acids is 2. The predicted molar refractivity (Wildman–Crippen MR) is 87.8 cm³/mol. The van der Waals surface area contributed by atoms with Gasteiger partial charge in [0.15, 0.2) is 0 Å². The molecule has 0 bridgehead atoms. The summed E-state index contributed by atoms with van der Waals surface area (Å²) in [6.45, 7) is 3.66. The van der Waals surface area contributed by atoms with Crippen molar-refractivity contribution in [3.8, 4) is 0 Å². The van der Waals surface area contributed by atoms with Crippen molar-refractivity contribution >= 4 is 29.3 Å². The number of nitrogen functional groups attached to an aromatic ring is 1. The van der Waals surface area contributed by atoms with Crippen molar-refractivity contribution in [1.82, 2.24) is 14.9 Å². The molecule has 3 rings (SSSR count). The quantitative estimate of drug-likeness (QED) is 0.642. The Bertz CT molecular complexity index is 896. The first-order chi connectivity index (χ1) is 12.1. The van der Waals surface area contributed by atoms with Crippen LogP contribution in [0.3, 0.4) is 0 Å². The number of rotatable bonds is 3. The maximum atomic E-state index is 12.7. The zero-order valence-electron chi connectivity index (χ0n) is 13.7. The summed E-state index contributed by atoms with van der Waals surface area (Å²) < 4.78 is 38.5. The largest absolute Gasteiger partial charge is 0.453 e. The van der Waals surface area contributed by atoms with Crippen molar-refractivity contribution in [2.45, 2.75) is 36.9 Å². The number of imide groups is 1. The van der Waals surface area contributed by atoms with Gasteiger partial charge in [-0.25, -0.2) is 9.58 Å². The van der Waals surface area contributed by atoms with Crippen LogP contribution in [0.15, 0.2) is 23.4 Å². The monoisotopic (exact) mass is 385 g/mol. The highest BCUT2D eigenvalue weighted by molar-refractivity contribution is 8.00. The molecular formula is C15H14F3N5O2S. The summed E-state index contributed by atoms with van der Waals surface area (Å²) in [7, 11) is 0. The van der Waals surface area contributed by atoms with Crippen LogP contribution in [-0.2, 0) is 15.8 Å². The number of benzene rings is 1. The molecule has 11 heteroatoms. The van der Waals surface area contributed by atoms with E-state index in [-0.39, 0.29) is 16.3 Å². The molecule has 26 heavy (non-hydrogen) atoms. The summed E-state index contributed by atoms with van der Waals surface area (Å²) in [5.41, 5.74) is 2.18. The fourth-order valence-corrected chi connectivity index (χ4v) is 3.66. The zero-order chi connectivity index (χ0) is 19.2. The summed E-state index contributed by atoms with van der Waals surface area (Å²) in [5.74, 6) is 3.05. The van der Waals surface area contributed by atoms with E-state index in [1.165, 1.54) is 0 Å². The van der Waals surface area contributed by atoms with E-state index in [0.29, 0.717) is 17.4 Å². The maximum Gasteiger partial charge on any atom is 0.453 e. The van der Waals surface area contributed by atoms with Crippen LogP contribution in [0.2, 0.25) is 0 Å². The highest BCUT2D eigenvalue weighted by Gasteiger charge is 2.43. The lowest BCUT2D eigenvalue weighted by atomic mass is 10.1. The number of alkyl halides is 3. The molecule has 2 amide bonds. The smallest absolute Gasteiger partial charge is 0.335 e. The van der Waals surface area contributed by atoms with E-state index in [4.69, 9.17) is 5.84 Å². The van der Waals surface area contributed by atoms with E-state index in [1.807, 2.05) is 13.0 Å². The van der Waals surface area contributed by atoms with Crippen molar-refractivity contribution in [3.05, 3.63) is 35.2 Å². The molecule has 1 atom stereocenters. The van der Waals surface area contributed by atoms with Gasteiger partial charge in [-0.05, 0) is 25.5 Å². The number of halogens is 3. The highest BCUT2D eigenvalue weighted by atomic mass is 32.2. The average molecular weight is 385 g/mol. The third kappa shape index (κ3) is 3.14. The zero-order valence-corrected chi connectivity index (χ0v) is 14.6. The van der Waals surface area contributed by atoms with Crippen LogP contribution in [0, 0.1) is 13.8 Å². The number of nitrogens with zero attached hydrogens (tertiary/aromatic N) is 4. The second kappa shape index (κ2) is 6.31. The molecule has 1 aliphatic heterocycles. The molecule has 0 aliphatic carbocycles. The van der Waals surface area contributed by atoms with Crippen molar-refractivity contribution in [2.75, 3.05) is 10.7 Å². The Morgan fingerprint density at radius 2 is 1.92 bits per heavy atom. The van der Waals surface area contributed by atoms with Gasteiger partial charge in [0.1, 0.15) is 5.25 Å². The number of nitrogens with two attached hydrogens (primary N) is 1. The molecule has 138 valence electrons. The van der Waals surface area contributed by atoms with Gasteiger partial charge in [-0.1, -0.05) is 29.5 Å². The molecule has 0 radical (unpaired) electrons. The molecule has 1 saturated heterocycles.